The fourth-order valence-corrected chi connectivity index (χ4v) is 8.30. The Bertz CT molecular complexity index is 724. The van der Waals surface area contributed by atoms with Crippen LogP contribution in [0.2, 0.25) is 5.04 Å². The van der Waals surface area contributed by atoms with Crippen molar-refractivity contribution in [3.63, 3.8) is 0 Å². The first-order chi connectivity index (χ1) is 13.3. The summed E-state index contributed by atoms with van der Waals surface area (Å²) in [6, 6.07) is 21.2. The van der Waals surface area contributed by atoms with Gasteiger partial charge in [0.05, 0.1) is 6.61 Å². The minimum Gasteiger partial charge on any atom is -0.463 e. The molecule has 1 atom stereocenters. The molecule has 0 aliphatic rings. The molecule has 150 valence electrons. The number of hydrogen-bond acceptors (Lipinski definition) is 3. The maximum absolute atomic E-state index is 11.6. The summed E-state index contributed by atoms with van der Waals surface area (Å²) in [6.45, 7) is 11.1. The van der Waals surface area contributed by atoms with Crippen molar-refractivity contribution in [3.8, 4) is 0 Å². The van der Waals surface area contributed by atoms with Gasteiger partial charge in [0.15, 0.2) is 0 Å². The molecule has 0 heterocycles. The van der Waals surface area contributed by atoms with E-state index in [1.165, 1.54) is 16.4 Å². The van der Waals surface area contributed by atoms with Crippen LogP contribution < -0.4 is 10.4 Å². The third kappa shape index (κ3) is 5.21. The summed E-state index contributed by atoms with van der Waals surface area (Å²) in [7, 11) is -2.55. The molecule has 0 radical (unpaired) electrons. The van der Waals surface area contributed by atoms with Crippen molar-refractivity contribution >= 4 is 24.7 Å². The van der Waals surface area contributed by atoms with Gasteiger partial charge in [0.25, 0.3) is 8.32 Å². The van der Waals surface area contributed by atoms with Gasteiger partial charge in [-0.2, -0.15) is 0 Å². The lowest BCUT2D eigenvalue weighted by Gasteiger charge is -2.44. The number of benzene rings is 2. The van der Waals surface area contributed by atoms with Gasteiger partial charge in [-0.15, -0.1) is 0 Å². The average molecular weight is 397 g/mol. The first kappa shape index (κ1) is 22.1. The second-order valence-corrected chi connectivity index (χ2v) is 12.2. The molecule has 0 spiro atoms. The predicted octanol–water partition coefficient (Wildman–Crippen LogP) is 4.46. The molecule has 3 nitrogen and oxygen atoms in total. The molecule has 0 bridgehead atoms. The summed E-state index contributed by atoms with van der Waals surface area (Å²) in [5.74, 6) is -0.305. The molecule has 0 aromatic heterocycles. The Morgan fingerprint density at radius 2 is 1.50 bits per heavy atom. The SMILES string of the molecule is CCOC(=O)C=CC[C@H](C)O[Si](c1ccccc1)(c1ccccc1)C(C)(C)C. The fraction of sp³-hybridized carbons (Fsp3) is 0.375. The van der Waals surface area contributed by atoms with Crippen molar-refractivity contribution in [1.82, 2.24) is 0 Å². The Morgan fingerprint density at radius 1 is 1.00 bits per heavy atom. The second kappa shape index (κ2) is 9.85. The van der Waals surface area contributed by atoms with E-state index >= 15 is 0 Å². The first-order valence-corrected chi connectivity index (χ1v) is 11.8. The highest BCUT2D eigenvalue weighted by Gasteiger charge is 2.50. The number of hydrogen-bond donors (Lipinski definition) is 0. The normalized spacial score (nSPS) is 13.5. The van der Waals surface area contributed by atoms with Gasteiger partial charge in [0.1, 0.15) is 0 Å². The zero-order valence-corrected chi connectivity index (χ0v) is 18.6. The minimum absolute atomic E-state index is 0.0306. The van der Waals surface area contributed by atoms with E-state index in [0.29, 0.717) is 13.0 Å². The van der Waals surface area contributed by atoms with Crippen LogP contribution in [0, 0.1) is 0 Å². The van der Waals surface area contributed by atoms with Crippen molar-refractivity contribution in [1.29, 1.82) is 0 Å². The molecule has 0 saturated carbocycles. The lowest BCUT2D eigenvalue weighted by Crippen LogP contribution is -2.67. The Morgan fingerprint density at radius 3 is 1.93 bits per heavy atom. The van der Waals surface area contributed by atoms with E-state index in [-0.39, 0.29) is 17.1 Å². The van der Waals surface area contributed by atoms with Crippen LogP contribution in [0.3, 0.4) is 0 Å². The van der Waals surface area contributed by atoms with E-state index < -0.39 is 8.32 Å². The topological polar surface area (TPSA) is 35.5 Å². The summed E-state index contributed by atoms with van der Waals surface area (Å²) in [5, 5.41) is 2.46. The predicted molar refractivity (Wildman–Crippen MR) is 119 cm³/mol. The molecule has 0 fully saturated rings. The van der Waals surface area contributed by atoms with Crippen LogP contribution in [-0.4, -0.2) is 27.0 Å². The van der Waals surface area contributed by atoms with Crippen molar-refractivity contribution in [2.75, 3.05) is 6.61 Å². The zero-order chi connectivity index (χ0) is 20.6. The van der Waals surface area contributed by atoms with E-state index in [4.69, 9.17) is 9.16 Å². The van der Waals surface area contributed by atoms with Crippen LogP contribution in [0.25, 0.3) is 0 Å². The molecule has 0 N–H and O–H groups in total. The Kier molecular flexibility index (Phi) is 7.78. The number of carbonyl (C=O) groups is 1. The van der Waals surface area contributed by atoms with Gasteiger partial charge >= 0.3 is 5.97 Å². The lowest BCUT2D eigenvalue weighted by atomic mass is 10.2. The lowest BCUT2D eigenvalue weighted by molar-refractivity contribution is -0.137. The van der Waals surface area contributed by atoms with E-state index in [1.54, 1.807) is 6.92 Å². The zero-order valence-electron chi connectivity index (χ0n) is 17.6. The fourth-order valence-electron chi connectivity index (χ4n) is 3.59. The Balaban J connectivity index is 2.40. The third-order valence-electron chi connectivity index (χ3n) is 4.80. The molecule has 0 saturated heterocycles. The van der Waals surface area contributed by atoms with Gasteiger partial charge in [-0.1, -0.05) is 87.5 Å². The maximum atomic E-state index is 11.6. The summed E-state index contributed by atoms with van der Waals surface area (Å²) in [6.07, 6.45) is 3.97. The van der Waals surface area contributed by atoms with Crippen LogP contribution in [0.4, 0.5) is 0 Å². The molecular weight excluding hydrogens is 364 g/mol. The van der Waals surface area contributed by atoms with Crippen LogP contribution >= 0.6 is 0 Å². The van der Waals surface area contributed by atoms with Gasteiger partial charge in [-0.3, -0.25) is 0 Å². The highest BCUT2D eigenvalue weighted by Crippen LogP contribution is 2.37. The van der Waals surface area contributed by atoms with Crippen LogP contribution in [0.5, 0.6) is 0 Å². The molecular formula is C24H32O3Si. The summed E-state index contributed by atoms with van der Waals surface area (Å²) in [5.41, 5.74) is 0. The maximum Gasteiger partial charge on any atom is 0.330 e. The molecule has 2 aromatic carbocycles. The van der Waals surface area contributed by atoms with Crippen molar-refractivity contribution in [2.24, 2.45) is 0 Å². The van der Waals surface area contributed by atoms with Crippen molar-refractivity contribution in [3.05, 3.63) is 72.8 Å². The molecule has 0 unspecified atom stereocenters. The standard InChI is InChI=1S/C24H32O3Si/c1-6-26-23(25)19-13-14-20(2)27-28(24(3,4)5,21-15-9-7-10-16-21)22-17-11-8-12-18-22/h7-13,15-20H,6,14H2,1-5H3/t20-/m0/s1. The van der Waals surface area contributed by atoms with E-state index in [0.717, 1.165) is 0 Å². The van der Waals surface area contributed by atoms with Gasteiger partial charge < -0.3 is 9.16 Å². The molecule has 0 aliphatic carbocycles. The Hall–Kier alpha value is -2.17. The van der Waals surface area contributed by atoms with Crippen LogP contribution in [0.15, 0.2) is 72.8 Å². The number of esters is 1. The highest BCUT2D eigenvalue weighted by atomic mass is 28.4. The summed E-state index contributed by atoms with van der Waals surface area (Å²) in [4.78, 5) is 11.6. The van der Waals surface area contributed by atoms with Crippen molar-refractivity contribution in [2.45, 2.75) is 52.2 Å². The number of ether oxygens (including phenoxy) is 1. The highest BCUT2D eigenvalue weighted by molar-refractivity contribution is 6.99. The van der Waals surface area contributed by atoms with Crippen LogP contribution in [-0.2, 0) is 14.0 Å². The summed E-state index contributed by atoms with van der Waals surface area (Å²) < 4.78 is 11.9. The van der Waals surface area contributed by atoms with E-state index in [2.05, 4.69) is 76.2 Å². The van der Waals surface area contributed by atoms with Gasteiger partial charge in [0, 0.05) is 12.2 Å². The summed E-state index contributed by atoms with van der Waals surface area (Å²) >= 11 is 0. The van der Waals surface area contributed by atoms with E-state index in [9.17, 15) is 4.79 Å². The van der Waals surface area contributed by atoms with Crippen LogP contribution in [0.1, 0.15) is 41.0 Å². The monoisotopic (exact) mass is 396 g/mol. The molecule has 0 amide bonds. The molecule has 2 aromatic rings. The second-order valence-electron chi connectivity index (χ2n) is 7.98. The number of rotatable bonds is 8. The molecule has 28 heavy (non-hydrogen) atoms. The average Bonchev–Trinajstić information content (AvgIpc) is 2.67. The van der Waals surface area contributed by atoms with Gasteiger partial charge in [-0.05, 0) is 35.7 Å². The minimum atomic E-state index is -2.55. The van der Waals surface area contributed by atoms with E-state index in [1.807, 2.05) is 18.2 Å². The largest absolute Gasteiger partial charge is 0.463 e. The molecule has 4 heteroatoms. The first-order valence-electron chi connectivity index (χ1n) is 9.93. The van der Waals surface area contributed by atoms with Crippen molar-refractivity contribution < 1.29 is 14.0 Å². The van der Waals surface area contributed by atoms with Gasteiger partial charge in [-0.25, -0.2) is 4.79 Å². The molecule has 2 rings (SSSR count). The quantitative estimate of drug-likeness (QED) is 0.375. The number of carbonyl (C=O) groups excluding carboxylic acids is 1. The smallest absolute Gasteiger partial charge is 0.330 e. The third-order valence-corrected chi connectivity index (χ3v) is 9.96. The van der Waals surface area contributed by atoms with Gasteiger partial charge in [0.2, 0.25) is 0 Å². The molecule has 0 aliphatic heterocycles. The Labute approximate surface area is 170 Å².